The van der Waals surface area contributed by atoms with E-state index in [9.17, 15) is 0 Å². The van der Waals surface area contributed by atoms with Crippen molar-refractivity contribution >= 4 is 0 Å². The molecule has 0 radical (unpaired) electrons. The van der Waals surface area contributed by atoms with E-state index in [1.807, 2.05) is 0 Å². The molecule has 1 aliphatic heterocycles. The number of piperidine rings is 1. The van der Waals surface area contributed by atoms with Crippen molar-refractivity contribution in [3.05, 3.63) is 0 Å². The first-order valence-corrected chi connectivity index (χ1v) is 6.08. The average Bonchev–Trinajstić information content (AvgIpc) is 2.58. The number of hydrogen-bond acceptors (Lipinski definition) is 2. The number of likely N-dealkylation sites (N-methyl/N-ethyl adjacent to an activating group) is 1. The van der Waals surface area contributed by atoms with Crippen LogP contribution >= 0.6 is 0 Å². The quantitative estimate of drug-likeness (QED) is 0.725. The molecule has 1 spiro atoms. The molecule has 1 saturated carbocycles. The van der Waals surface area contributed by atoms with Crippen LogP contribution in [-0.2, 0) is 0 Å². The first kappa shape index (κ1) is 10.4. The molecule has 1 unspecified atom stereocenters. The number of rotatable bonds is 2. The van der Waals surface area contributed by atoms with Crippen molar-refractivity contribution in [1.29, 1.82) is 0 Å². The lowest BCUT2D eigenvalue weighted by molar-refractivity contribution is 0.166. The summed E-state index contributed by atoms with van der Waals surface area (Å²) in [5, 5.41) is 3.74. The SMILES string of the molecule is CN(C)CC1CCC2(CCCC2)CN1. The summed E-state index contributed by atoms with van der Waals surface area (Å²) in [6.45, 7) is 2.49. The molecule has 0 aromatic heterocycles. The lowest BCUT2D eigenvalue weighted by Gasteiger charge is -2.39. The Hall–Kier alpha value is -0.0800. The summed E-state index contributed by atoms with van der Waals surface area (Å²) in [6.07, 6.45) is 8.76. The molecule has 0 aromatic carbocycles. The van der Waals surface area contributed by atoms with Gasteiger partial charge in [-0.25, -0.2) is 0 Å². The van der Waals surface area contributed by atoms with Gasteiger partial charge < -0.3 is 10.2 Å². The van der Waals surface area contributed by atoms with Gasteiger partial charge in [-0.2, -0.15) is 0 Å². The van der Waals surface area contributed by atoms with Crippen molar-refractivity contribution in [2.45, 2.75) is 44.6 Å². The van der Waals surface area contributed by atoms with Gasteiger partial charge in [0.25, 0.3) is 0 Å². The minimum Gasteiger partial charge on any atom is -0.312 e. The van der Waals surface area contributed by atoms with Crippen molar-refractivity contribution < 1.29 is 0 Å². The van der Waals surface area contributed by atoms with E-state index in [4.69, 9.17) is 0 Å². The maximum Gasteiger partial charge on any atom is 0.0195 e. The Labute approximate surface area is 88.1 Å². The highest BCUT2D eigenvalue weighted by molar-refractivity contribution is 4.92. The van der Waals surface area contributed by atoms with Crippen LogP contribution in [-0.4, -0.2) is 38.1 Å². The van der Waals surface area contributed by atoms with Gasteiger partial charge in [0.05, 0.1) is 0 Å². The first-order valence-electron chi connectivity index (χ1n) is 6.08. The maximum absolute atomic E-state index is 3.74. The lowest BCUT2D eigenvalue weighted by atomic mass is 9.77. The summed E-state index contributed by atoms with van der Waals surface area (Å²) in [5.41, 5.74) is 0.711. The van der Waals surface area contributed by atoms with E-state index in [1.54, 1.807) is 0 Å². The molecule has 2 fully saturated rings. The van der Waals surface area contributed by atoms with Crippen LogP contribution in [0.2, 0.25) is 0 Å². The van der Waals surface area contributed by atoms with E-state index in [0.29, 0.717) is 5.41 Å². The highest BCUT2D eigenvalue weighted by Crippen LogP contribution is 2.43. The minimum absolute atomic E-state index is 0.711. The van der Waals surface area contributed by atoms with E-state index < -0.39 is 0 Å². The fourth-order valence-corrected chi connectivity index (χ4v) is 3.18. The van der Waals surface area contributed by atoms with Gasteiger partial charge in [0.1, 0.15) is 0 Å². The van der Waals surface area contributed by atoms with Gasteiger partial charge >= 0.3 is 0 Å². The van der Waals surface area contributed by atoms with Crippen LogP contribution in [0.4, 0.5) is 0 Å². The second kappa shape index (κ2) is 4.19. The second-order valence-corrected chi connectivity index (χ2v) is 5.59. The Morgan fingerprint density at radius 1 is 1.21 bits per heavy atom. The molecular formula is C12H24N2. The van der Waals surface area contributed by atoms with Crippen LogP contribution in [0.15, 0.2) is 0 Å². The summed E-state index contributed by atoms with van der Waals surface area (Å²) >= 11 is 0. The largest absolute Gasteiger partial charge is 0.312 e. The van der Waals surface area contributed by atoms with E-state index in [-0.39, 0.29) is 0 Å². The Kier molecular flexibility index (Phi) is 3.13. The maximum atomic E-state index is 3.74. The van der Waals surface area contributed by atoms with E-state index in [2.05, 4.69) is 24.3 Å². The van der Waals surface area contributed by atoms with Crippen molar-refractivity contribution in [2.24, 2.45) is 5.41 Å². The van der Waals surface area contributed by atoms with Crippen molar-refractivity contribution in [2.75, 3.05) is 27.2 Å². The molecule has 82 valence electrons. The zero-order chi connectivity index (χ0) is 10.0. The predicted molar refractivity (Wildman–Crippen MR) is 60.5 cm³/mol. The molecule has 0 amide bonds. The number of nitrogens with one attached hydrogen (secondary N) is 1. The third-order valence-electron chi connectivity index (χ3n) is 4.04. The van der Waals surface area contributed by atoms with Crippen LogP contribution in [0.1, 0.15) is 38.5 Å². The standard InChI is InChI=1S/C12H24N2/c1-14(2)9-11-5-8-12(10-13-11)6-3-4-7-12/h11,13H,3-10H2,1-2H3. The highest BCUT2D eigenvalue weighted by atomic mass is 15.1. The number of nitrogens with zero attached hydrogens (tertiary/aromatic N) is 1. The predicted octanol–water partition coefficient (Wildman–Crippen LogP) is 1.86. The van der Waals surface area contributed by atoms with Crippen LogP contribution in [0, 0.1) is 5.41 Å². The van der Waals surface area contributed by atoms with Crippen LogP contribution < -0.4 is 5.32 Å². The van der Waals surface area contributed by atoms with Crippen LogP contribution in [0.25, 0.3) is 0 Å². The molecule has 1 heterocycles. The average molecular weight is 196 g/mol. The summed E-state index contributed by atoms with van der Waals surface area (Å²) in [4.78, 5) is 2.30. The fourth-order valence-electron chi connectivity index (χ4n) is 3.18. The Morgan fingerprint density at radius 2 is 1.93 bits per heavy atom. The zero-order valence-corrected chi connectivity index (χ0v) is 9.68. The van der Waals surface area contributed by atoms with Gasteiger partial charge in [0.15, 0.2) is 0 Å². The Bertz CT molecular complexity index is 173. The smallest absolute Gasteiger partial charge is 0.0195 e. The molecule has 1 N–H and O–H groups in total. The summed E-state index contributed by atoms with van der Waals surface area (Å²) in [6, 6.07) is 0.747. The third kappa shape index (κ3) is 2.29. The minimum atomic E-state index is 0.711. The van der Waals surface area contributed by atoms with Gasteiger partial charge in [-0.3, -0.25) is 0 Å². The highest BCUT2D eigenvalue weighted by Gasteiger charge is 2.37. The van der Waals surface area contributed by atoms with E-state index >= 15 is 0 Å². The van der Waals surface area contributed by atoms with Gasteiger partial charge in [0.2, 0.25) is 0 Å². The molecule has 14 heavy (non-hydrogen) atoms. The zero-order valence-electron chi connectivity index (χ0n) is 9.68. The first-order chi connectivity index (χ1) is 6.70. The summed E-state index contributed by atoms with van der Waals surface area (Å²) < 4.78 is 0. The molecule has 0 aromatic rings. The van der Waals surface area contributed by atoms with Gasteiger partial charge in [-0.05, 0) is 45.2 Å². The van der Waals surface area contributed by atoms with Crippen LogP contribution in [0.3, 0.4) is 0 Å². The van der Waals surface area contributed by atoms with Crippen molar-refractivity contribution in [1.82, 2.24) is 10.2 Å². The molecule has 0 bridgehead atoms. The molecule has 1 atom stereocenters. The monoisotopic (exact) mass is 196 g/mol. The van der Waals surface area contributed by atoms with Gasteiger partial charge in [-0.15, -0.1) is 0 Å². The van der Waals surface area contributed by atoms with Crippen molar-refractivity contribution in [3.63, 3.8) is 0 Å². The Balaban J connectivity index is 1.79. The Morgan fingerprint density at radius 3 is 2.43 bits per heavy atom. The van der Waals surface area contributed by atoms with Gasteiger partial charge in [0, 0.05) is 19.1 Å². The van der Waals surface area contributed by atoms with E-state index in [0.717, 1.165) is 6.04 Å². The molecular weight excluding hydrogens is 172 g/mol. The molecule has 2 aliphatic rings. The summed E-state index contributed by atoms with van der Waals surface area (Å²) in [5.74, 6) is 0. The topological polar surface area (TPSA) is 15.3 Å². The summed E-state index contributed by atoms with van der Waals surface area (Å²) in [7, 11) is 4.34. The molecule has 1 saturated heterocycles. The molecule has 2 nitrogen and oxygen atoms in total. The molecule has 1 aliphatic carbocycles. The number of hydrogen-bond donors (Lipinski definition) is 1. The molecule has 2 heteroatoms. The van der Waals surface area contributed by atoms with Gasteiger partial charge in [-0.1, -0.05) is 12.8 Å². The lowest BCUT2D eigenvalue weighted by Crippen LogP contribution is -2.48. The second-order valence-electron chi connectivity index (χ2n) is 5.59. The third-order valence-corrected chi connectivity index (χ3v) is 4.04. The van der Waals surface area contributed by atoms with Crippen LogP contribution in [0.5, 0.6) is 0 Å². The normalized spacial score (nSPS) is 31.5. The fraction of sp³-hybridized carbons (Fsp3) is 1.00. The molecule has 2 rings (SSSR count). The van der Waals surface area contributed by atoms with Crippen molar-refractivity contribution in [3.8, 4) is 0 Å². The van der Waals surface area contributed by atoms with E-state index in [1.165, 1.54) is 51.6 Å².